The number of benzene rings is 10. The van der Waals surface area contributed by atoms with Gasteiger partial charge in [-0.15, -0.1) is 29.1 Å². The van der Waals surface area contributed by atoms with Gasteiger partial charge >= 0.3 is 6.18 Å². The number of anilines is 6. The first kappa shape index (κ1) is 104. The lowest BCUT2D eigenvalue weighted by molar-refractivity contribution is -0.137. The maximum atomic E-state index is 13.9. The molecule has 147 heavy (non-hydrogen) atoms. The van der Waals surface area contributed by atoms with Crippen LogP contribution in [0.15, 0.2) is 329 Å². The monoisotopic (exact) mass is 2030 g/mol. The van der Waals surface area contributed by atoms with Crippen LogP contribution in [0, 0.1) is 79.3 Å². The van der Waals surface area contributed by atoms with E-state index in [4.69, 9.17) is 34.8 Å². The van der Waals surface area contributed by atoms with Gasteiger partial charge in [0, 0.05) is 140 Å². The minimum absolute atomic E-state index is 0.0387. The van der Waals surface area contributed by atoms with Gasteiger partial charge in [0.2, 0.25) is 11.6 Å². The number of amides is 6. The third-order valence-electron chi connectivity index (χ3n) is 18.6. The molecule has 0 saturated heterocycles. The van der Waals surface area contributed by atoms with Crippen molar-refractivity contribution in [2.45, 2.75) is 26.9 Å². The summed E-state index contributed by atoms with van der Waals surface area (Å²) in [5, 5.41) is 28.2. The first-order valence-electron chi connectivity index (χ1n) is 42.3. The van der Waals surface area contributed by atoms with Crippen molar-refractivity contribution in [2.24, 2.45) is 0 Å². The number of ether oxygens (including phenoxy) is 6. The molecule has 0 aliphatic rings. The molecule has 0 spiro atoms. The standard InChI is InChI=1S/C20H12N4O2.C19H14F3N3O2.2C18H13F2N3O2.2C14H9FN4O2S/c1-2-14-4-3-5-16(6-14)20(25)24-17-7-15(10-21)8-18(9-17)26-19-11-22-13-23-12-19;1-12-3-2-4-13(5-12)18(26)25-15-6-14(19(20,21)22)7-16(8-15)27-17-9-23-11-24-10-17;2*1-11-3-2-4-12(5-11)18(24)23-13-6-15(19)17(20)16(7-13)25-14-8-21-10-22-9-14;15-9-1-10(19-14(20)13-6-22-8-18-13)3-11(2-9)21-12-4-16-7-17-5-12;15-9-3-10(19-13(20)14-18-1-2-22-14)5-11(4-9)21-12-6-16-8-17-7-12/h1,3-9,11-13H,(H,24,25);2-11H,1H3,(H,25,26);2*2-10H,1H3,(H,23,24);2*1-8H,(H,19,20). The topological polar surface area (TPSA) is 434 Å². The summed E-state index contributed by atoms with van der Waals surface area (Å²) < 4.78 is 155. The van der Waals surface area contributed by atoms with Gasteiger partial charge in [0.1, 0.15) is 78.3 Å². The molecule has 0 atom stereocenters. The lowest BCUT2D eigenvalue weighted by Crippen LogP contribution is -2.13. The number of hydrogen-bond donors (Lipinski definition) is 6. The molecule has 0 radical (unpaired) electrons. The average Bonchev–Trinajstić information content (AvgIpc) is 1.56. The molecule has 0 saturated carbocycles. The normalized spacial score (nSPS) is 10.3. The number of thiazole rings is 2. The number of terminal acetylenes is 1. The first-order chi connectivity index (χ1) is 70.9. The molecule has 0 aliphatic heterocycles. The van der Waals surface area contributed by atoms with Crippen LogP contribution in [0.5, 0.6) is 69.0 Å². The molecule has 0 aliphatic carbocycles. The highest BCUT2D eigenvalue weighted by atomic mass is 32.1. The second-order valence-corrected chi connectivity index (χ2v) is 31.4. The van der Waals surface area contributed by atoms with Gasteiger partial charge in [-0.3, -0.25) is 28.8 Å². The van der Waals surface area contributed by atoms with Crippen molar-refractivity contribution >= 4 is 92.2 Å². The third kappa shape index (κ3) is 32.5. The van der Waals surface area contributed by atoms with E-state index in [0.29, 0.717) is 67.1 Å². The van der Waals surface area contributed by atoms with E-state index < -0.39 is 76.2 Å². The number of alkyl halides is 3. The van der Waals surface area contributed by atoms with E-state index in [9.17, 15) is 73.5 Å². The summed E-state index contributed by atoms with van der Waals surface area (Å²) in [6.45, 7) is 5.51. The molecule has 33 nitrogen and oxygen atoms in total. The minimum atomic E-state index is -4.60. The Balaban J connectivity index is 0.000000148. The molecule has 18 rings (SSSR count). The SMILES string of the molecule is C#Cc1cccc(C(=O)Nc2cc(C#N)cc(Oc3cncnc3)c2)c1.Cc1cccc(C(=O)Nc2cc(F)c(F)c(Oc3cncnc3)c2)c1.Cc1cccc(C(=O)Nc2cc(F)c(F)c(Oc3cncnc3)c2)c1.Cc1cccc(C(=O)Nc2cc(Oc3cncnc3)cc(C(F)(F)F)c2)c1.O=C(Nc1cc(F)cc(Oc2cncnc2)c1)c1cscn1.O=C(Nc1cc(F)cc(Oc2cncnc2)c1)c1nccs1. The zero-order valence-electron chi connectivity index (χ0n) is 76.1. The number of nitrogens with zero attached hydrogens (tertiary/aromatic N) is 15. The van der Waals surface area contributed by atoms with Crippen LogP contribution in [0.4, 0.5) is 73.6 Å². The van der Waals surface area contributed by atoms with Crippen molar-refractivity contribution in [2.75, 3.05) is 31.9 Å². The number of nitrogens with one attached hydrogen (secondary N) is 6. The number of hydrogen-bond acceptors (Lipinski definition) is 29. The van der Waals surface area contributed by atoms with Crippen LogP contribution >= 0.6 is 22.7 Å². The molecular weight excluding hydrogens is 1960 g/mol. The Morgan fingerprint density at radius 3 is 1.03 bits per heavy atom. The maximum Gasteiger partial charge on any atom is 0.416 e. The molecule has 8 aromatic heterocycles. The van der Waals surface area contributed by atoms with Crippen LogP contribution in [-0.2, 0) is 6.18 Å². The number of halogens is 9. The second kappa shape index (κ2) is 51.2. The molecule has 0 unspecified atom stereocenters. The molecule has 0 bridgehead atoms. The third-order valence-corrected chi connectivity index (χ3v) is 20.0. The highest BCUT2D eigenvalue weighted by Crippen LogP contribution is 2.38. The van der Waals surface area contributed by atoms with Gasteiger partial charge in [0.05, 0.1) is 97.1 Å². The summed E-state index contributed by atoms with van der Waals surface area (Å²) >= 11 is 2.50. The summed E-state index contributed by atoms with van der Waals surface area (Å²) in [5.74, 6) is -4.21. The van der Waals surface area contributed by atoms with E-state index in [1.54, 1.807) is 113 Å². The quantitative estimate of drug-likeness (QED) is 0.0242. The van der Waals surface area contributed by atoms with Crippen molar-refractivity contribution in [1.82, 2.24) is 69.8 Å². The van der Waals surface area contributed by atoms with Crippen molar-refractivity contribution in [3.63, 3.8) is 0 Å². The lowest BCUT2D eigenvalue weighted by Gasteiger charge is -2.13. The average molecular weight is 2030 g/mol. The first-order valence-corrected chi connectivity index (χ1v) is 44.1. The zero-order chi connectivity index (χ0) is 104. The number of carbonyl (C=O) groups is 6. The van der Waals surface area contributed by atoms with Crippen LogP contribution in [0.25, 0.3) is 0 Å². The van der Waals surface area contributed by atoms with E-state index in [1.807, 2.05) is 45.0 Å². The molecular formula is C103H70F9N21O12S2. The smallest absolute Gasteiger partial charge is 0.416 e. The van der Waals surface area contributed by atoms with Crippen molar-refractivity contribution in [3.05, 3.63) is 430 Å². The van der Waals surface area contributed by atoms with E-state index in [0.717, 1.165) is 41.0 Å². The van der Waals surface area contributed by atoms with E-state index in [1.165, 1.54) is 196 Å². The number of aromatic nitrogens is 14. The minimum Gasteiger partial charge on any atom is -0.454 e. The van der Waals surface area contributed by atoms with Gasteiger partial charge in [-0.2, -0.15) is 27.2 Å². The van der Waals surface area contributed by atoms with Gasteiger partial charge in [-0.1, -0.05) is 65.1 Å². The Labute approximate surface area is 835 Å². The maximum absolute atomic E-state index is 13.9. The molecule has 10 aromatic carbocycles. The number of carbonyl (C=O) groups excluding carboxylic acids is 6. The second-order valence-electron chi connectivity index (χ2n) is 29.8. The zero-order valence-corrected chi connectivity index (χ0v) is 77.7. The highest BCUT2D eigenvalue weighted by molar-refractivity contribution is 7.11. The van der Waals surface area contributed by atoms with Crippen LogP contribution in [-0.4, -0.2) is 105 Å². The molecule has 44 heteroatoms. The Bertz CT molecular complexity index is 7440. The highest BCUT2D eigenvalue weighted by Gasteiger charge is 2.32. The Kier molecular flexibility index (Phi) is 36.4. The number of rotatable bonds is 24. The summed E-state index contributed by atoms with van der Waals surface area (Å²) in [6, 6.07) is 48.9. The van der Waals surface area contributed by atoms with Crippen molar-refractivity contribution in [3.8, 4) is 87.4 Å². The van der Waals surface area contributed by atoms with Crippen LogP contribution < -0.4 is 60.3 Å². The Hall–Kier alpha value is -20.0. The molecule has 6 amide bonds. The van der Waals surface area contributed by atoms with Gasteiger partial charge in [-0.05, 0) is 112 Å². The molecule has 8 heterocycles. The summed E-state index contributed by atoms with van der Waals surface area (Å²) in [6.07, 6.45) is 26.9. The fraction of sp³-hybridized carbons (Fsp3) is 0.0388. The van der Waals surface area contributed by atoms with E-state index in [-0.39, 0.29) is 86.0 Å². The van der Waals surface area contributed by atoms with Gasteiger partial charge in [-0.25, -0.2) is 87.3 Å². The van der Waals surface area contributed by atoms with Crippen molar-refractivity contribution in [1.29, 1.82) is 5.26 Å². The molecule has 734 valence electrons. The number of aryl methyl sites for hydroxylation is 3. The van der Waals surface area contributed by atoms with Gasteiger partial charge in [0.15, 0.2) is 62.6 Å². The fourth-order valence-electron chi connectivity index (χ4n) is 12.3. The summed E-state index contributed by atoms with van der Waals surface area (Å²) in [4.78, 5) is 126. The van der Waals surface area contributed by atoms with E-state index >= 15 is 0 Å². The molecule has 0 fully saturated rings. The molecule has 6 N–H and O–H groups in total. The summed E-state index contributed by atoms with van der Waals surface area (Å²) in [7, 11) is 0. The number of nitriles is 1. The fourth-order valence-corrected chi connectivity index (χ4v) is 13.3. The largest absolute Gasteiger partial charge is 0.454 e. The van der Waals surface area contributed by atoms with Gasteiger partial charge < -0.3 is 60.3 Å². The Morgan fingerprint density at radius 2 is 0.680 bits per heavy atom. The van der Waals surface area contributed by atoms with Crippen LogP contribution in [0.2, 0.25) is 0 Å². The molecule has 18 aromatic rings. The van der Waals surface area contributed by atoms with Crippen LogP contribution in [0.3, 0.4) is 0 Å². The predicted octanol–water partition coefficient (Wildman–Crippen LogP) is 22.7. The van der Waals surface area contributed by atoms with Crippen LogP contribution in [0.1, 0.15) is 95.1 Å². The van der Waals surface area contributed by atoms with Gasteiger partial charge in [0.25, 0.3) is 35.4 Å². The van der Waals surface area contributed by atoms with Crippen molar-refractivity contribution < 1.29 is 96.7 Å². The summed E-state index contributed by atoms with van der Waals surface area (Å²) in [5.41, 5.74) is 7.12. The van der Waals surface area contributed by atoms with E-state index in [2.05, 4.69) is 108 Å². The lowest BCUT2D eigenvalue weighted by atomic mass is 10.1. The Morgan fingerprint density at radius 1 is 0.347 bits per heavy atom. The predicted molar refractivity (Wildman–Crippen MR) is 521 cm³/mol.